The second kappa shape index (κ2) is 5.79. The highest BCUT2D eigenvalue weighted by molar-refractivity contribution is 8.00. The molecule has 1 aromatic carbocycles. The van der Waals surface area contributed by atoms with Crippen molar-refractivity contribution in [3.8, 4) is 5.75 Å². The number of carbonyl (C=O) groups excluding carboxylic acids is 1. The number of phenols is 1. The SMILES string of the molecule is Cc1cc(SC(C)CC=O)cc(C(C)(C)C)c1O. The second-order valence-electron chi connectivity index (χ2n) is 5.72. The lowest BCUT2D eigenvalue weighted by molar-refractivity contribution is -0.107. The summed E-state index contributed by atoms with van der Waals surface area (Å²) in [6.07, 6.45) is 1.51. The number of carbonyl (C=O) groups is 1. The number of phenolic OH excluding ortho intramolecular Hbond substituents is 1. The molecule has 0 spiro atoms. The molecule has 1 N–H and O–H groups in total. The highest BCUT2D eigenvalue weighted by Gasteiger charge is 2.20. The van der Waals surface area contributed by atoms with Crippen molar-refractivity contribution in [1.29, 1.82) is 0 Å². The van der Waals surface area contributed by atoms with Gasteiger partial charge in [0.25, 0.3) is 0 Å². The molecule has 0 radical (unpaired) electrons. The molecular weight excluding hydrogens is 244 g/mol. The first-order valence-electron chi connectivity index (χ1n) is 6.20. The van der Waals surface area contributed by atoms with Crippen molar-refractivity contribution >= 4 is 18.0 Å². The summed E-state index contributed by atoms with van der Waals surface area (Å²) in [7, 11) is 0. The minimum Gasteiger partial charge on any atom is -0.507 e. The molecule has 1 unspecified atom stereocenters. The summed E-state index contributed by atoms with van der Waals surface area (Å²) in [4.78, 5) is 11.6. The Morgan fingerprint density at radius 2 is 2.00 bits per heavy atom. The van der Waals surface area contributed by atoms with Crippen molar-refractivity contribution in [2.24, 2.45) is 0 Å². The van der Waals surface area contributed by atoms with Gasteiger partial charge in [0.2, 0.25) is 0 Å². The largest absolute Gasteiger partial charge is 0.507 e. The van der Waals surface area contributed by atoms with E-state index in [4.69, 9.17) is 0 Å². The van der Waals surface area contributed by atoms with Gasteiger partial charge in [-0.05, 0) is 30.0 Å². The molecule has 0 fully saturated rings. The topological polar surface area (TPSA) is 37.3 Å². The van der Waals surface area contributed by atoms with Gasteiger partial charge in [-0.2, -0.15) is 0 Å². The Bertz CT molecular complexity index is 433. The lowest BCUT2D eigenvalue weighted by Gasteiger charge is -2.23. The second-order valence-corrected chi connectivity index (χ2v) is 7.23. The Hall–Kier alpha value is -0.960. The van der Waals surface area contributed by atoms with E-state index in [1.165, 1.54) is 0 Å². The van der Waals surface area contributed by atoms with E-state index in [2.05, 4.69) is 20.8 Å². The van der Waals surface area contributed by atoms with Crippen LogP contribution in [0.4, 0.5) is 0 Å². The smallest absolute Gasteiger partial charge is 0.122 e. The summed E-state index contributed by atoms with van der Waals surface area (Å²) < 4.78 is 0. The normalized spacial score (nSPS) is 13.4. The Kier molecular flexibility index (Phi) is 4.85. The zero-order valence-electron chi connectivity index (χ0n) is 11.8. The molecule has 1 aromatic rings. The number of aldehydes is 1. The third kappa shape index (κ3) is 3.77. The van der Waals surface area contributed by atoms with Crippen LogP contribution in [0.3, 0.4) is 0 Å². The van der Waals surface area contributed by atoms with Crippen LogP contribution in [0, 0.1) is 6.92 Å². The Labute approximate surface area is 114 Å². The molecule has 1 atom stereocenters. The minimum atomic E-state index is -0.0840. The highest BCUT2D eigenvalue weighted by Crippen LogP contribution is 2.37. The fourth-order valence-corrected chi connectivity index (χ4v) is 2.87. The molecular formula is C15H22O2S. The van der Waals surface area contributed by atoms with E-state index in [-0.39, 0.29) is 10.7 Å². The fourth-order valence-electron chi connectivity index (χ4n) is 1.80. The number of hydrogen-bond donors (Lipinski definition) is 1. The summed E-state index contributed by atoms with van der Waals surface area (Å²) in [5, 5.41) is 10.4. The standard InChI is InChI=1S/C15H22O2S/c1-10-8-12(18-11(2)6-7-16)9-13(14(10)17)15(3,4)5/h7-9,11,17H,6H2,1-5H3. The molecule has 0 aliphatic heterocycles. The molecule has 0 heterocycles. The first-order valence-corrected chi connectivity index (χ1v) is 7.08. The molecule has 18 heavy (non-hydrogen) atoms. The van der Waals surface area contributed by atoms with Crippen LogP contribution in [0.25, 0.3) is 0 Å². The van der Waals surface area contributed by atoms with Gasteiger partial charge in [-0.1, -0.05) is 27.7 Å². The van der Waals surface area contributed by atoms with Gasteiger partial charge in [0, 0.05) is 22.1 Å². The number of aromatic hydroxyl groups is 1. The predicted octanol–water partition coefficient (Wildman–Crippen LogP) is 4.07. The molecule has 0 amide bonds. The van der Waals surface area contributed by atoms with E-state index >= 15 is 0 Å². The van der Waals surface area contributed by atoms with Crippen molar-refractivity contribution in [3.63, 3.8) is 0 Å². The van der Waals surface area contributed by atoms with Crippen LogP contribution in [-0.2, 0) is 10.2 Å². The van der Waals surface area contributed by atoms with Crippen LogP contribution < -0.4 is 0 Å². The van der Waals surface area contributed by atoms with E-state index in [0.29, 0.717) is 12.2 Å². The molecule has 1 rings (SSSR count). The molecule has 100 valence electrons. The van der Waals surface area contributed by atoms with Gasteiger partial charge in [0.15, 0.2) is 0 Å². The van der Waals surface area contributed by atoms with Gasteiger partial charge in [-0.25, -0.2) is 0 Å². The number of rotatable bonds is 4. The third-order valence-corrected chi connectivity index (χ3v) is 3.95. The third-order valence-electron chi connectivity index (χ3n) is 2.85. The van der Waals surface area contributed by atoms with Gasteiger partial charge < -0.3 is 9.90 Å². The summed E-state index contributed by atoms with van der Waals surface area (Å²) >= 11 is 1.68. The Balaban J connectivity index is 3.09. The van der Waals surface area contributed by atoms with E-state index in [1.54, 1.807) is 11.8 Å². The average Bonchev–Trinajstić information content (AvgIpc) is 2.21. The van der Waals surface area contributed by atoms with E-state index in [0.717, 1.165) is 22.3 Å². The van der Waals surface area contributed by atoms with Gasteiger partial charge in [0.1, 0.15) is 12.0 Å². The van der Waals surface area contributed by atoms with Crippen molar-refractivity contribution in [2.45, 2.75) is 56.6 Å². The van der Waals surface area contributed by atoms with Crippen LogP contribution in [0.1, 0.15) is 45.2 Å². The maximum atomic E-state index is 10.5. The first-order chi connectivity index (χ1) is 8.25. The molecule has 0 bridgehead atoms. The lowest BCUT2D eigenvalue weighted by Crippen LogP contribution is -2.12. The lowest BCUT2D eigenvalue weighted by atomic mass is 9.85. The summed E-state index contributed by atoms with van der Waals surface area (Å²) in [6.45, 7) is 10.2. The fraction of sp³-hybridized carbons (Fsp3) is 0.533. The molecule has 0 aliphatic carbocycles. The quantitative estimate of drug-likeness (QED) is 0.659. The van der Waals surface area contributed by atoms with Crippen molar-refractivity contribution < 1.29 is 9.90 Å². The minimum absolute atomic E-state index is 0.0840. The molecule has 0 saturated carbocycles. The molecule has 0 aliphatic rings. The average molecular weight is 266 g/mol. The monoisotopic (exact) mass is 266 g/mol. The van der Waals surface area contributed by atoms with Crippen molar-refractivity contribution in [1.82, 2.24) is 0 Å². The Morgan fingerprint density at radius 1 is 1.39 bits per heavy atom. The predicted molar refractivity (Wildman–Crippen MR) is 77.5 cm³/mol. The van der Waals surface area contributed by atoms with Gasteiger partial charge >= 0.3 is 0 Å². The zero-order valence-corrected chi connectivity index (χ0v) is 12.6. The van der Waals surface area contributed by atoms with Crippen molar-refractivity contribution in [2.75, 3.05) is 0 Å². The first kappa shape index (κ1) is 15.1. The number of benzene rings is 1. The Morgan fingerprint density at radius 3 is 2.50 bits per heavy atom. The van der Waals surface area contributed by atoms with Crippen LogP contribution in [0.5, 0.6) is 5.75 Å². The zero-order chi connectivity index (χ0) is 13.9. The maximum absolute atomic E-state index is 10.5. The van der Waals surface area contributed by atoms with Crippen LogP contribution in [-0.4, -0.2) is 16.6 Å². The molecule has 0 saturated heterocycles. The van der Waals surface area contributed by atoms with Gasteiger partial charge in [-0.15, -0.1) is 11.8 Å². The van der Waals surface area contributed by atoms with E-state index in [1.807, 2.05) is 26.0 Å². The van der Waals surface area contributed by atoms with E-state index < -0.39 is 0 Å². The number of thioether (sulfide) groups is 1. The molecule has 3 heteroatoms. The summed E-state index contributed by atoms with van der Waals surface area (Å²) in [6, 6.07) is 4.02. The van der Waals surface area contributed by atoms with Crippen LogP contribution in [0.15, 0.2) is 17.0 Å². The molecule has 2 nitrogen and oxygen atoms in total. The van der Waals surface area contributed by atoms with Gasteiger partial charge in [0.05, 0.1) is 0 Å². The summed E-state index contributed by atoms with van der Waals surface area (Å²) in [5.74, 6) is 0.384. The number of hydrogen-bond acceptors (Lipinski definition) is 3. The van der Waals surface area contributed by atoms with Crippen molar-refractivity contribution in [3.05, 3.63) is 23.3 Å². The van der Waals surface area contributed by atoms with Gasteiger partial charge in [-0.3, -0.25) is 0 Å². The highest BCUT2D eigenvalue weighted by atomic mass is 32.2. The maximum Gasteiger partial charge on any atom is 0.122 e. The number of aryl methyl sites for hydroxylation is 1. The summed E-state index contributed by atoms with van der Waals surface area (Å²) in [5.41, 5.74) is 1.77. The molecule has 0 aromatic heterocycles. The van der Waals surface area contributed by atoms with E-state index in [9.17, 15) is 9.90 Å². The van der Waals surface area contributed by atoms with Crippen LogP contribution >= 0.6 is 11.8 Å². The van der Waals surface area contributed by atoms with Crippen LogP contribution in [0.2, 0.25) is 0 Å².